The van der Waals surface area contributed by atoms with Gasteiger partial charge in [-0.15, -0.1) is 0 Å². The molecule has 0 atom stereocenters. The molecular weight excluding hydrogens is 358 g/mol. The third-order valence-electron chi connectivity index (χ3n) is 1.99. The molecule has 0 radical (unpaired) electrons. The Balaban J connectivity index is 0.000000585. The summed E-state index contributed by atoms with van der Waals surface area (Å²) in [5, 5.41) is 7.12. The first kappa shape index (κ1) is 21.0. The summed E-state index contributed by atoms with van der Waals surface area (Å²) in [6.07, 6.45) is -5.08. The predicted molar refractivity (Wildman–Crippen MR) is 66.6 cm³/mol. The van der Waals surface area contributed by atoms with E-state index in [1.807, 2.05) is 0 Å². The van der Waals surface area contributed by atoms with E-state index in [1.54, 1.807) is 0 Å². The zero-order valence-electron chi connectivity index (χ0n) is 10.9. The SMILES string of the molecule is NCc1ccc(NS(=O)(=O)C(F)(F)F)cc1.O=C(O)C(F)(F)F. The van der Waals surface area contributed by atoms with Gasteiger partial charge in [0.2, 0.25) is 0 Å². The Morgan fingerprint density at radius 3 is 1.74 bits per heavy atom. The highest BCUT2D eigenvalue weighted by atomic mass is 32.2. The Kier molecular flexibility index (Phi) is 6.84. The van der Waals surface area contributed by atoms with E-state index >= 15 is 0 Å². The highest BCUT2D eigenvalue weighted by Crippen LogP contribution is 2.25. The van der Waals surface area contributed by atoms with Gasteiger partial charge in [0, 0.05) is 12.2 Å². The van der Waals surface area contributed by atoms with Crippen molar-refractivity contribution in [3.05, 3.63) is 29.8 Å². The quantitative estimate of drug-likeness (QED) is 0.708. The number of carboxylic acids is 1. The number of nitrogens with two attached hydrogens (primary N) is 1. The smallest absolute Gasteiger partial charge is 0.475 e. The van der Waals surface area contributed by atoms with Crippen LogP contribution in [0.2, 0.25) is 0 Å². The van der Waals surface area contributed by atoms with Crippen LogP contribution in [0.1, 0.15) is 5.56 Å². The Morgan fingerprint density at radius 1 is 1.09 bits per heavy atom. The van der Waals surface area contributed by atoms with Crippen molar-refractivity contribution >= 4 is 21.7 Å². The molecule has 4 N–H and O–H groups in total. The van der Waals surface area contributed by atoms with Gasteiger partial charge in [-0.3, -0.25) is 4.72 Å². The topological polar surface area (TPSA) is 109 Å². The molecule has 1 aromatic carbocycles. The van der Waals surface area contributed by atoms with E-state index in [2.05, 4.69) is 0 Å². The van der Waals surface area contributed by atoms with E-state index in [1.165, 1.54) is 29.0 Å². The number of rotatable bonds is 3. The third kappa shape index (κ3) is 7.19. The zero-order valence-corrected chi connectivity index (χ0v) is 11.8. The second kappa shape index (κ2) is 7.50. The van der Waals surface area contributed by atoms with Gasteiger partial charge >= 0.3 is 27.7 Å². The number of hydrogen-bond donors (Lipinski definition) is 3. The van der Waals surface area contributed by atoms with E-state index in [4.69, 9.17) is 15.6 Å². The maximum Gasteiger partial charge on any atom is 0.516 e. The number of alkyl halides is 6. The Labute approximate surface area is 125 Å². The van der Waals surface area contributed by atoms with Crippen molar-refractivity contribution in [3.63, 3.8) is 0 Å². The fourth-order valence-corrected chi connectivity index (χ4v) is 1.48. The molecule has 1 aromatic rings. The molecule has 0 fully saturated rings. The first-order valence-corrected chi connectivity index (χ1v) is 6.87. The molecule has 0 bridgehead atoms. The van der Waals surface area contributed by atoms with Gasteiger partial charge in [-0.05, 0) is 17.7 Å². The maximum atomic E-state index is 12.0. The van der Waals surface area contributed by atoms with Crippen LogP contribution >= 0.6 is 0 Å². The first-order valence-electron chi connectivity index (χ1n) is 5.39. The van der Waals surface area contributed by atoms with Crippen molar-refractivity contribution < 1.29 is 44.7 Å². The van der Waals surface area contributed by atoms with Crippen LogP contribution in [-0.4, -0.2) is 31.2 Å². The number of hydrogen-bond acceptors (Lipinski definition) is 4. The number of carboxylic acid groups (broad SMARTS) is 1. The molecular formula is C10H10F6N2O4S. The van der Waals surface area contributed by atoms with E-state index in [0.29, 0.717) is 5.56 Å². The molecule has 0 aliphatic rings. The summed E-state index contributed by atoms with van der Waals surface area (Å²) in [6, 6.07) is 5.30. The number of anilines is 1. The average molecular weight is 368 g/mol. The molecule has 0 aromatic heterocycles. The molecule has 23 heavy (non-hydrogen) atoms. The molecule has 0 spiro atoms. The minimum absolute atomic E-state index is 0.158. The number of halogens is 6. The summed E-state index contributed by atoms with van der Waals surface area (Å²) in [4.78, 5) is 8.90. The van der Waals surface area contributed by atoms with Gasteiger partial charge in [0.25, 0.3) is 0 Å². The van der Waals surface area contributed by atoms with Gasteiger partial charge in [0.05, 0.1) is 0 Å². The molecule has 132 valence electrons. The zero-order chi connectivity index (χ0) is 18.5. The van der Waals surface area contributed by atoms with Crippen LogP contribution in [0.15, 0.2) is 24.3 Å². The summed E-state index contributed by atoms with van der Waals surface area (Å²) in [6.45, 7) is 0.228. The lowest BCUT2D eigenvalue weighted by Crippen LogP contribution is -2.29. The lowest BCUT2D eigenvalue weighted by molar-refractivity contribution is -0.192. The summed E-state index contributed by atoms with van der Waals surface area (Å²) in [5.74, 6) is -2.76. The van der Waals surface area contributed by atoms with Gasteiger partial charge in [0.1, 0.15) is 0 Å². The molecule has 0 heterocycles. The normalized spacial score (nSPS) is 12.1. The van der Waals surface area contributed by atoms with Gasteiger partial charge in [-0.2, -0.15) is 34.8 Å². The molecule has 0 saturated heterocycles. The average Bonchev–Trinajstić information content (AvgIpc) is 2.37. The fourth-order valence-electron chi connectivity index (χ4n) is 0.922. The molecule has 1 rings (SSSR count). The van der Waals surface area contributed by atoms with Gasteiger partial charge < -0.3 is 10.8 Å². The van der Waals surface area contributed by atoms with Crippen LogP contribution in [-0.2, 0) is 21.4 Å². The third-order valence-corrected chi connectivity index (χ3v) is 3.10. The van der Waals surface area contributed by atoms with Crippen LogP contribution in [0, 0.1) is 0 Å². The second-order valence-electron chi connectivity index (χ2n) is 3.76. The lowest BCUT2D eigenvalue weighted by Gasteiger charge is -2.10. The Bertz CT molecular complexity index is 624. The Morgan fingerprint density at radius 2 is 1.48 bits per heavy atom. The number of carbonyl (C=O) groups is 1. The number of aliphatic carboxylic acids is 1. The van der Waals surface area contributed by atoms with Crippen LogP contribution in [0.5, 0.6) is 0 Å². The predicted octanol–water partition coefficient (Wildman–Crippen LogP) is 2.04. The van der Waals surface area contributed by atoms with Crippen LogP contribution in [0.25, 0.3) is 0 Å². The van der Waals surface area contributed by atoms with Crippen LogP contribution in [0.4, 0.5) is 32.0 Å². The van der Waals surface area contributed by atoms with Crippen LogP contribution in [0.3, 0.4) is 0 Å². The standard InChI is InChI=1S/C8H9F3N2O2S.C2HF3O2/c9-8(10,11)16(14,15)13-7-3-1-6(5-12)2-4-7;3-2(4,5)1(6)7/h1-4,13H,5,12H2;(H,6,7). The van der Waals surface area contributed by atoms with Crippen molar-refractivity contribution in [2.45, 2.75) is 18.2 Å². The molecule has 0 unspecified atom stereocenters. The summed E-state index contributed by atoms with van der Waals surface area (Å²) in [5.41, 5.74) is 0.490. The largest absolute Gasteiger partial charge is 0.516 e. The van der Waals surface area contributed by atoms with E-state index in [0.717, 1.165) is 0 Å². The van der Waals surface area contributed by atoms with Crippen molar-refractivity contribution in [1.29, 1.82) is 0 Å². The van der Waals surface area contributed by atoms with Crippen LogP contribution < -0.4 is 10.5 Å². The molecule has 0 aliphatic heterocycles. The van der Waals surface area contributed by atoms with Gasteiger partial charge in [0.15, 0.2) is 0 Å². The molecule has 0 amide bonds. The number of sulfonamides is 1. The lowest BCUT2D eigenvalue weighted by atomic mass is 10.2. The summed E-state index contributed by atoms with van der Waals surface area (Å²) in [7, 11) is -5.35. The Hall–Kier alpha value is -2.02. The minimum atomic E-state index is -5.35. The first-order chi connectivity index (χ1) is 10.2. The van der Waals surface area contributed by atoms with Crippen molar-refractivity contribution in [1.82, 2.24) is 0 Å². The second-order valence-corrected chi connectivity index (χ2v) is 5.43. The summed E-state index contributed by atoms with van der Waals surface area (Å²) >= 11 is 0. The monoisotopic (exact) mass is 368 g/mol. The molecule has 0 aliphatic carbocycles. The highest BCUT2D eigenvalue weighted by Gasteiger charge is 2.46. The van der Waals surface area contributed by atoms with Crippen molar-refractivity contribution in [3.8, 4) is 0 Å². The maximum absolute atomic E-state index is 12.0. The number of nitrogens with one attached hydrogen (secondary N) is 1. The van der Waals surface area contributed by atoms with Crippen molar-refractivity contribution in [2.24, 2.45) is 5.73 Å². The fraction of sp³-hybridized carbons (Fsp3) is 0.300. The van der Waals surface area contributed by atoms with Gasteiger partial charge in [-0.25, -0.2) is 4.79 Å². The van der Waals surface area contributed by atoms with Crippen molar-refractivity contribution in [2.75, 3.05) is 4.72 Å². The summed E-state index contributed by atoms with van der Waals surface area (Å²) < 4.78 is 90.6. The molecule has 13 heteroatoms. The molecule has 6 nitrogen and oxygen atoms in total. The van der Waals surface area contributed by atoms with E-state index < -0.39 is 27.7 Å². The van der Waals surface area contributed by atoms with E-state index in [9.17, 15) is 34.8 Å². The minimum Gasteiger partial charge on any atom is -0.475 e. The van der Waals surface area contributed by atoms with E-state index in [-0.39, 0.29) is 12.2 Å². The highest BCUT2D eigenvalue weighted by molar-refractivity contribution is 7.93. The molecule has 0 saturated carbocycles. The van der Waals surface area contributed by atoms with Gasteiger partial charge in [-0.1, -0.05) is 12.1 Å². The number of benzene rings is 1.